The number of nitriles is 1. The van der Waals surface area contributed by atoms with Crippen molar-refractivity contribution in [1.82, 2.24) is 4.90 Å². The Morgan fingerprint density at radius 3 is 2.50 bits per heavy atom. The van der Waals surface area contributed by atoms with Gasteiger partial charge in [0.15, 0.2) is 0 Å². The van der Waals surface area contributed by atoms with E-state index >= 15 is 0 Å². The average molecular weight is 274 g/mol. The van der Waals surface area contributed by atoms with Gasteiger partial charge in [-0.05, 0) is 43.1 Å². The van der Waals surface area contributed by atoms with Crippen molar-refractivity contribution in [2.45, 2.75) is 33.6 Å². The highest BCUT2D eigenvalue weighted by molar-refractivity contribution is 5.34. The van der Waals surface area contributed by atoms with Gasteiger partial charge in [-0.25, -0.2) is 0 Å². The molecule has 1 aromatic rings. The van der Waals surface area contributed by atoms with Crippen LogP contribution in [0.3, 0.4) is 0 Å². The Hall–Kier alpha value is -1.53. The molecule has 3 nitrogen and oxygen atoms in total. The first-order chi connectivity index (χ1) is 9.69. The maximum Gasteiger partial charge on any atom is 0.119 e. The van der Waals surface area contributed by atoms with Gasteiger partial charge in [-0.15, -0.1) is 0 Å². The number of rotatable bonds is 9. The first kappa shape index (κ1) is 16.5. The Morgan fingerprint density at radius 2 is 1.95 bits per heavy atom. The molecule has 0 aromatic heterocycles. The summed E-state index contributed by atoms with van der Waals surface area (Å²) in [7, 11) is 0. The Balaban J connectivity index is 2.24. The van der Waals surface area contributed by atoms with Gasteiger partial charge in [0.25, 0.3) is 0 Å². The highest BCUT2D eigenvalue weighted by Gasteiger charge is 2.06. The van der Waals surface area contributed by atoms with Gasteiger partial charge >= 0.3 is 0 Å². The van der Waals surface area contributed by atoms with Crippen LogP contribution in [0, 0.1) is 17.2 Å². The lowest BCUT2D eigenvalue weighted by Crippen LogP contribution is -2.30. The van der Waals surface area contributed by atoms with Gasteiger partial charge in [0.2, 0.25) is 0 Å². The topological polar surface area (TPSA) is 36.3 Å². The standard InChI is InChI=1S/C17H26N2O/c1-4-15(3)14-19(5-2)11-6-12-20-17-9-7-16(13-18)8-10-17/h7-10,15H,4-6,11-12,14H2,1-3H3. The molecule has 1 unspecified atom stereocenters. The first-order valence-corrected chi connectivity index (χ1v) is 7.54. The second-order valence-electron chi connectivity index (χ2n) is 5.24. The van der Waals surface area contributed by atoms with Gasteiger partial charge in [-0.3, -0.25) is 0 Å². The smallest absolute Gasteiger partial charge is 0.119 e. The number of ether oxygens (including phenoxy) is 1. The quantitative estimate of drug-likeness (QED) is 0.644. The molecule has 20 heavy (non-hydrogen) atoms. The van der Waals surface area contributed by atoms with Gasteiger partial charge < -0.3 is 9.64 Å². The van der Waals surface area contributed by atoms with Crippen LogP contribution in [0.4, 0.5) is 0 Å². The Kier molecular flexibility index (Phi) is 7.75. The molecule has 1 rings (SSSR count). The van der Waals surface area contributed by atoms with Crippen molar-refractivity contribution in [3.8, 4) is 11.8 Å². The lowest BCUT2D eigenvalue weighted by Gasteiger charge is -2.23. The van der Waals surface area contributed by atoms with Crippen LogP contribution in [0.5, 0.6) is 5.75 Å². The summed E-state index contributed by atoms with van der Waals surface area (Å²) < 4.78 is 5.70. The molecule has 1 atom stereocenters. The molecule has 0 radical (unpaired) electrons. The van der Waals surface area contributed by atoms with Crippen LogP contribution in [0.1, 0.15) is 39.2 Å². The van der Waals surface area contributed by atoms with E-state index in [4.69, 9.17) is 10.00 Å². The molecule has 0 bridgehead atoms. The molecule has 0 N–H and O–H groups in total. The summed E-state index contributed by atoms with van der Waals surface area (Å²) in [6.07, 6.45) is 2.27. The van der Waals surface area contributed by atoms with Crippen molar-refractivity contribution in [2.75, 3.05) is 26.2 Å². The first-order valence-electron chi connectivity index (χ1n) is 7.54. The predicted octanol–water partition coefficient (Wildman–Crippen LogP) is 3.70. The largest absolute Gasteiger partial charge is 0.494 e. The zero-order valence-corrected chi connectivity index (χ0v) is 12.9. The number of hydrogen-bond donors (Lipinski definition) is 0. The van der Waals surface area contributed by atoms with E-state index in [0.717, 1.165) is 37.8 Å². The Bertz CT molecular complexity index is 408. The molecule has 1 aromatic carbocycles. The Labute approximate surface area is 123 Å². The molecule has 0 amide bonds. The summed E-state index contributed by atoms with van der Waals surface area (Å²) in [6.45, 7) is 10.8. The van der Waals surface area contributed by atoms with Crippen LogP contribution in [-0.2, 0) is 0 Å². The molecule has 0 saturated carbocycles. The van der Waals surface area contributed by atoms with Crippen LogP contribution in [-0.4, -0.2) is 31.1 Å². The third-order valence-corrected chi connectivity index (χ3v) is 3.58. The summed E-state index contributed by atoms with van der Waals surface area (Å²) in [5.41, 5.74) is 0.670. The predicted molar refractivity (Wildman–Crippen MR) is 82.8 cm³/mol. The summed E-state index contributed by atoms with van der Waals surface area (Å²) >= 11 is 0. The van der Waals surface area contributed by atoms with Crippen LogP contribution in [0.15, 0.2) is 24.3 Å². The van der Waals surface area contributed by atoms with Gasteiger partial charge in [-0.2, -0.15) is 5.26 Å². The minimum absolute atomic E-state index is 0.670. The molecular formula is C17H26N2O. The summed E-state index contributed by atoms with van der Waals surface area (Å²) in [5.74, 6) is 1.60. The second-order valence-corrected chi connectivity index (χ2v) is 5.24. The SMILES string of the molecule is CCC(C)CN(CC)CCCOc1ccc(C#N)cc1. The maximum absolute atomic E-state index is 8.73. The van der Waals surface area contributed by atoms with Gasteiger partial charge in [0, 0.05) is 13.1 Å². The van der Waals surface area contributed by atoms with Gasteiger partial charge in [0.05, 0.1) is 18.2 Å². The lowest BCUT2D eigenvalue weighted by molar-refractivity contribution is 0.217. The third kappa shape index (κ3) is 6.08. The highest BCUT2D eigenvalue weighted by Crippen LogP contribution is 2.12. The molecule has 0 saturated heterocycles. The molecule has 110 valence electrons. The van der Waals surface area contributed by atoms with Crippen LogP contribution < -0.4 is 4.74 Å². The molecule has 0 aliphatic rings. The van der Waals surface area contributed by atoms with Crippen molar-refractivity contribution in [3.63, 3.8) is 0 Å². The molecule has 0 spiro atoms. The average Bonchev–Trinajstić information content (AvgIpc) is 2.50. The van der Waals surface area contributed by atoms with Gasteiger partial charge in [-0.1, -0.05) is 27.2 Å². The van der Waals surface area contributed by atoms with E-state index in [-0.39, 0.29) is 0 Å². The molecule has 0 aliphatic heterocycles. The Morgan fingerprint density at radius 1 is 1.25 bits per heavy atom. The van der Waals surface area contributed by atoms with Crippen molar-refractivity contribution in [2.24, 2.45) is 5.92 Å². The van der Waals surface area contributed by atoms with Crippen LogP contribution in [0.25, 0.3) is 0 Å². The van der Waals surface area contributed by atoms with E-state index < -0.39 is 0 Å². The lowest BCUT2D eigenvalue weighted by atomic mass is 10.1. The van der Waals surface area contributed by atoms with Gasteiger partial charge in [0.1, 0.15) is 5.75 Å². The molecule has 0 fully saturated rings. The monoisotopic (exact) mass is 274 g/mol. The number of hydrogen-bond acceptors (Lipinski definition) is 3. The highest BCUT2D eigenvalue weighted by atomic mass is 16.5. The van der Waals surface area contributed by atoms with Crippen LogP contribution >= 0.6 is 0 Å². The van der Waals surface area contributed by atoms with Crippen LogP contribution in [0.2, 0.25) is 0 Å². The summed E-state index contributed by atoms with van der Waals surface area (Å²) in [5, 5.41) is 8.73. The minimum atomic E-state index is 0.670. The fourth-order valence-corrected chi connectivity index (χ4v) is 2.05. The fraction of sp³-hybridized carbons (Fsp3) is 0.588. The summed E-state index contributed by atoms with van der Waals surface area (Å²) in [6, 6.07) is 9.39. The van der Waals surface area contributed by atoms with E-state index in [0.29, 0.717) is 5.56 Å². The molecule has 3 heteroatoms. The molecule has 0 aliphatic carbocycles. The third-order valence-electron chi connectivity index (χ3n) is 3.58. The normalized spacial score (nSPS) is 12.2. The zero-order chi connectivity index (χ0) is 14.8. The maximum atomic E-state index is 8.73. The molecular weight excluding hydrogens is 248 g/mol. The van der Waals surface area contributed by atoms with Crippen molar-refractivity contribution >= 4 is 0 Å². The number of nitrogens with zero attached hydrogens (tertiary/aromatic N) is 2. The van der Waals surface area contributed by atoms with E-state index in [1.165, 1.54) is 13.0 Å². The van der Waals surface area contributed by atoms with E-state index in [1.54, 1.807) is 12.1 Å². The van der Waals surface area contributed by atoms with E-state index in [1.807, 2.05) is 12.1 Å². The summed E-state index contributed by atoms with van der Waals surface area (Å²) in [4.78, 5) is 2.48. The van der Waals surface area contributed by atoms with Crippen molar-refractivity contribution < 1.29 is 4.74 Å². The van der Waals surface area contributed by atoms with Crippen molar-refractivity contribution in [1.29, 1.82) is 5.26 Å². The molecule has 0 heterocycles. The van der Waals surface area contributed by atoms with Crippen molar-refractivity contribution in [3.05, 3.63) is 29.8 Å². The fourth-order valence-electron chi connectivity index (χ4n) is 2.05. The minimum Gasteiger partial charge on any atom is -0.494 e. The van der Waals surface area contributed by atoms with E-state index in [2.05, 4.69) is 31.7 Å². The zero-order valence-electron chi connectivity index (χ0n) is 12.9. The number of benzene rings is 1. The van der Waals surface area contributed by atoms with E-state index in [9.17, 15) is 0 Å². The second kappa shape index (κ2) is 9.39.